The van der Waals surface area contributed by atoms with Gasteiger partial charge in [-0.2, -0.15) is 0 Å². The Kier molecular flexibility index (Phi) is 6.21. The van der Waals surface area contributed by atoms with Crippen LogP contribution in [-0.4, -0.2) is 71.6 Å². The lowest BCUT2D eigenvalue weighted by Gasteiger charge is -2.24. The molecule has 2 rings (SSSR count). The molecule has 25 heavy (non-hydrogen) atoms. The molecule has 1 aromatic heterocycles. The number of nitrogens with zero attached hydrogens (tertiary/aromatic N) is 5. The molecule has 1 aromatic carbocycles. The highest BCUT2D eigenvalue weighted by molar-refractivity contribution is 5.70. The molecule has 0 atom stereocenters. The predicted octanol–water partition coefficient (Wildman–Crippen LogP) is 1.98. The number of imidazole rings is 1. The Morgan fingerprint density at radius 3 is 1.96 bits per heavy atom. The van der Waals surface area contributed by atoms with Gasteiger partial charge in [-0.1, -0.05) is 0 Å². The van der Waals surface area contributed by atoms with Crippen molar-refractivity contribution in [2.24, 2.45) is 7.05 Å². The lowest BCUT2D eigenvalue weighted by molar-refractivity contribution is 0.365. The quantitative estimate of drug-likeness (QED) is 0.831. The molecule has 0 fully saturated rings. The van der Waals surface area contributed by atoms with Crippen LogP contribution in [0.15, 0.2) is 18.5 Å². The van der Waals surface area contributed by atoms with Gasteiger partial charge in [-0.05, 0) is 53.9 Å². The second kappa shape index (κ2) is 7.99. The van der Waals surface area contributed by atoms with Crippen molar-refractivity contribution in [3.05, 3.63) is 35.2 Å². The predicted molar refractivity (Wildman–Crippen MR) is 102 cm³/mol. The summed E-state index contributed by atoms with van der Waals surface area (Å²) in [6.45, 7) is 2.16. The van der Waals surface area contributed by atoms with E-state index in [1.54, 1.807) is 6.20 Å². The van der Waals surface area contributed by atoms with Gasteiger partial charge in [0, 0.05) is 55.8 Å². The van der Waals surface area contributed by atoms with Gasteiger partial charge in [-0.15, -0.1) is 0 Å². The van der Waals surface area contributed by atoms with E-state index in [2.05, 4.69) is 39.8 Å². The van der Waals surface area contributed by atoms with Crippen LogP contribution >= 0.6 is 0 Å². The topological polar surface area (TPSA) is 47.8 Å². The summed E-state index contributed by atoms with van der Waals surface area (Å²) in [5, 5.41) is 11.0. The monoisotopic (exact) mass is 345 g/mol. The Hall–Kier alpha value is -1.89. The van der Waals surface area contributed by atoms with Crippen LogP contribution in [-0.2, 0) is 26.7 Å². The Bertz CT molecular complexity index is 719. The molecule has 0 amide bonds. The van der Waals surface area contributed by atoms with Crippen molar-refractivity contribution in [3.8, 4) is 17.1 Å². The van der Waals surface area contributed by atoms with E-state index in [1.807, 2.05) is 46.0 Å². The van der Waals surface area contributed by atoms with Crippen molar-refractivity contribution in [2.45, 2.75) is 19.6 Å². The standard InChI is InChI=1S/C19H31N5O/c1-21(2)11-14-10-15(12-22(3)4)18(25)16(13-23(5)6)17(14)19-20-8-9-24(19)7/h8-10,25H,11-13H2,1-7H3. The first-order valence-corrected chi connectivity index (χ1v) is 8.49. The van der Waals surface area contributed by atoms with Gasteiger partial charge in [-0.25, -0.2) is 4.98 Å². The van der Waals surface area contributed by atoms with Crippen molar-refractivity contribution in [1.82, 2.24) is 24.3 Å². The van der Waals surface area contributed by atoms with E-state index in [-0.39, 0.29) is 0 Å². The van der Waals surface area contributed by atoms with E-state index < -0.39 is 0 Å². The van der Waals surface area contributed by atoms with E-state index in [0.717, 1.165) is 29.1 Å². The van der Waals surface area contributed by atoms with Crippen molar-refractivity contribution in [1.29, 1.82) is 0 Å². The van der Waals surface area contributed by atoms with Crippen LogP contribution in [0, 0.1) is 0 Å². The normalized spacial score (nSPS) is 11.9. The third kappa shape index (κ3) is 4.60. The number of benzene rings is 1. The average Bonchev–Trinajstić information content (AvgIpc) is 2.88. The maximum absolute atomic E-state index is 11.0. The van der Waals surface area contributed by atoms with Gasteiger partial charge in [0.15, 0.2) is 0 Å². The number of hydrogen-bond donors (Lipinski definition) is 1. The molecule has 2 aromatic rings. The zero-order chi connectivity index (χ0) is 18.7. The summed E-state index contributed by atoms with van der Waals surface area (Å²) >= 11 is 0. The largest absolute Gasteiger partial charge is 0.507 e. The fraction of sp³-hybridized carbons (Fsp3) is 0.526. The lowest BCUT2D eigenvalue weighted by Crippen LogP contribution is -2.18. The minimum atomic E-state index is 0.378. The molecular formula is C19H31N5O. The molecule has 1 N–H and O–H groups in total. The minimum absolute atomic E-state index is 0.378. The molecule has 0 radical (unpaired) electrons. The van der Waals surface area contributed by atoms with Gasteiger partial charge >= 0.3 is 0 Å². The first kappa shape index (κ1) is 19.4. The fourth-order valence-electron chi connectivity index (χ4n) is 3.14. The molecule has 1 heterocycles. The van der Waals surface area contributed by atoms with E-state index in [9.17, 15) is 5.11 Å². The smallest absolute Gasteiger partial charge is 0.140 e. The summed E-state index contributed by atoms with van der Waals surface area (Å²) in [6, 6.07) is 2.12. The molecule has 6 heteroatoms. The summed E-state index contributed by atoms with van der Waals surface area (Å²) in [7, 11) is 14.2. The zero-order valence-corrected chi connectivity index (χ0v) is 16.5. The van der Waals surface area contributed by atoms with Gasteiger partial charge < -0.3 is 24.4 Å². The zero-order valence-electron chi connectivity index (χ0n) is 16.5. The maximum Gasteiger partial charge on any atom is 0.140 e. The molecule has 0 aliphatic carbocycles. The summed E-state index contributed by atoms with van der Waals surface area (Å²) in [6.07, 6.45) is 3.75. The maximum atomic E-state index is 11.0. The van der Waals surface area contributed by atoms with Crippen LogP contribution in [0.1, 0.15) is 16.7 Å². The Morgan fingerprint density at radius 2 is 1.48 bits per heavy atom. The van der Waals surface area contributed by atoms with Crippen LogP contribution in [0.25, 0.3) is 11.4 Å². The van der Waals surface area contributed by atoms with E-state index in [0.29, 0.717) is 18.8 Å². The minimum Gasteiger partial charge on any atom is -0.507 e. The number of aromatic nitrogens is 2. The van der Waals surface area contributed by atoms with Crippen molar-refractivity contribution in [3.63, 3.8) is 0 Å². The van der Waals surface area contributed by atoms with Crippen LogP contribution in [0.3, 0.4) is 0 Å². The molecule has 6 nitrogen and oxygen atoms in total. The van der Waals surface area contributed by atoms with Gasteiger partial charge in [0.25, 0.3) is 0 Å². The second-order valence-corrected chi connectivity index (χ2v) is 7.47. The molecule has 0 aliphatic heterocycles. The summed E-state index contributed by atoms with van der Waals surface area (Å²) in [5.41, 5.74) is 4.12. The SMILES string of the molecule is CN(C)Cc1cc(CN(C)C)c(-c2nccn2C)c(CN(C)C)c1O. The number of aryl methyl sites for hydroxylation is 1. The number of phenolic OH excluding ortho intramolecular Hbond substituents is 1. The van der Waals surface area contributed by atoms with Crippen LogP contribution in [0.4, 0.5) is 0 Å². The molecule has 0 saturated heterocycles. The summed E-state index contributed by atoms with van der Waals surface area (Å²) in [5.74, 6) is 1.27. The van der Waals surface area contributed by atoms with Gasteiger partial charge in [-0.3, -0.25) is 0 Å². The number of hydrogen-bond acceptors (Lipinski definition) is 5. The third-order valence-electron chi connectivity index (χ3n) is 4.05. The van der Waals surface area contributed by atoms with Gasteiger partial charge in [0.1, 0.15) is 11.6 Å². The van der Waals surface area contributed by atoms with E-state index in [4.69, 9.17) is 0 Å². The van der Waals surface area contributed by atoms with Crippen LogP contribution in [0.5, 0.6) is 5.75 Å². The highest BCUT2D eigenvalue weighted by Gasteiger charge is 2.22. The molecule has 0 spiro atoms. The lowest BCUT2D eigenvalue weighted by atomic mass is 9.94. The first-order chi connectivity index (χ1) is 11.7. The number of aromatic hydroxyl groups is 1. The highest BCUT2D eigenvalue weighted by Crippen LogP contribution is 2.37. The Morgan fingerprint density at radius 1 is 0.920 bits per heavy atom. The Labute approximate surface area is 151 Å². The Balaban J connectivity index is 2.75. The van der Waals surface area contributed by atoms with Crippen molar-refractivity contribution in [2.75, 3.05) is 42.3 Å². The van der Waals surface area contributed by atoms with E-state index in [1.165, 1.54) is 5.56 Å². The third-order valence-corrected chi connectivity index (χ3v) is 4.05. The van der Waals surface area contributed by atoms with Crippen LogP contribution < -0.4 is 0 Å². The molecule has 138 valence electrons. The number of rotatable bonds is 7. The number of phenols is 1. The molecule has 0 saturated carbocycles. The molecule has 0 bridgehead atoms. The van der Waals surface area contributed by atoms with Gasteiger partial charge in [0.2, 0.25) is 0 Å². The average molecular weight is 345 g/mol. The van der Waals surface area contributed by atoms with Gasteiger partial charge in [0.05, 0.1) is 0 Å². The summed E-state index contributed by atoms with van der Waals surface area (Å²) in [4.78, 5) is 10.9. The first-order valence-electron chi connectivity index (χ1n) is 8.49. The highest BCUT2D eigenvalue weighted by atomic mass is 16.3. The summed E-state index contributed by atoms with van der Waals surface area (Å²) < 4.78 is 2.01. The fourth-order valence-corrected chi connectivity index (χ4v) is 3.14. The van der Waals surface area contributed by atoms with E-state index >= 15 is 0 Å². The molecular weight excluding hydrogens is 314 g/mol. The molecule has 0 unspecified atom stereocenters. The van der Waals surface area contributed by atoms with Crippen molar-refractivity contribution >= 4 is 0 Å². The van der Waals surface area contributed by atoms with Crippen LogP contribution in [0.2, 0.25) is 0 Å². The second-order valence-electron chi connectivity index (χ2n) is 7.47. The van der Waals surface area contributed by atoms with Crippen molar-refractivity contribution < 1.29 is 5.11 Å². The molecule has 0 aliphatic rings.